The molecule has 0 aliphatic heterocycles. The van der Waals surface area contributed by atoms with Gasteiger partial charge in [0.05, 0.1) is 16.7 Å². The van der Waals surface area contributed by atoms with Crippen molar-refractivity contribution >= 4 is 36.5 Å². The molecule has 0 bridgehead atoms. The maximum atomic E-state index is 15.0. The van der Waals surface area contributed by atoms with E-state index in [1.807, 2.05) is 5.23 Å². The Morgan fingerprint density at radius 1 is 0.696 bits per heavy atom. The van der Waals surface area contributed by atoms with E-state index < -0.39 is 98.6 Å². The van der Waals surface area contributed by atoms with Crippen LogP contribution in [0.2, 0.25) is 0 Å². The number of amides is 1. The zero-order valence-electron chi connectivity index (χ0n) is 25.4. The van der Waals surface area contributed by atoms with Crippen LogP contribution in [0, 0.1) is 5.41 Å². The van der Waals surface area contributed by atoms with Crippen LogP contribution in [-0.4, -0.2) is 69.7 Å². The minimum atomic E-state index is -6.29. The molecule has 1 amide bonds. The molecule has 10 nitrogen and oxygen atoms in total. The topological polar surface area (TPSA) is 170 Å². The van der Waals surface area contributed by atoms with Crippen LogP contribution in [0.4, 0.5) is 31.1 Å². The Morgan fingerprint density at radius 3 is 1.46 bits per heavy atom. The third kappa shape index (κ3) is 7.35. The molecule has 0 aliphatic rings. The zero-order chi connectivity index (χ0) is 35.8. The lowest BCUT2D eigenvalue weighted by molar-refractivity contribution is -0.288. The summed E-state index contributed by atoms with van der Waals surface area (Å²) in [5, 5.41) is 33.0. The molecule has 5 N–H and O–H groups in total. The fourth-order valence-corrected chi connectivity index (χ4v) is 4.61. The van der Waals surface area contributed by atoms with Crippen LogP contribution in [0.5, 0.6) is 0 Å². The number of hydrogen-bond donors (Lipinski definition) is 5. The number of rotatable bonds is 11. The minimum absolute atomic E-state index is 0.0261. The summed E-state index contributed by atoms with van der Waals surface area (Å²) < 4.78 is 90.0. The lowest BCUT2D eigenvalue weighted by Gasteiger charge is -2.39. The van der Waals surface area contributed by atoms with E-state index in [1.54, 1.807) is 0 Å². The highest BCUT2D eigenvalue weighted by molar-refractivity contribution is 6.86. The van der Waals surface area contributed by atoms with Gasteiger partial charge in [-0.2, -0.15) is 26.3 Å². The summed E-state index contributed by atoms with van der Waals surface area (Å²) in [7, 11) is 0. The molecule has 0 atom stereocenters. The highest BCUT2D eigenvalue weighted by atomic mass is 19.4. The quantitative estimate of drug-likeness (QED) is 0.111. The highest BCUT2D eigenvalue weighted by Crippen LogP contribution is 2.56. The first-order valence-corrected chi connectivity index (χ1v) is 13.5. The first kappa shape index (κ1) is 37.8. The van der Waals surface area contributed by atoms with Gasteiger partial charge in [-0.15, -0.1) is 0 Å². The van der Waals surface area contributed by atoms with Gasteiger partial charge in [-0.3, -0.25) is 14.4 Å². The summed E-state index contributed by atoms with van der Waals surface area (Å²) in [6.07, 6.45) is -12.5. The Morgan fingerprint density at radius 2 is 1.11 bits per heavy atom. The van der Waals surface area contributed by atoms with Crippen molar-refractivity contribution in [1.29, 1.82) is 0 Å². The number of Topliss-reactive ketones (excluding diaryl/α,β-unsaturated/α-hetero) is 1. The van der Waals surface area contributed by atoms with E-state index in [4.69, 9.17) is 0 Å². The lowest BCUT2D eigenvalue weighted by Crippen LogP contribution is -2.61. The van der Waals surface area contributed by atoms with E-state index in [0.29, 0.717) is 12.1 Å². The van der Waals surface area contributed by atoms with Crippen molar-refractivity contribution in [2.75, 3.05) is 0 Å². The number of hydrogen-bond acceptors (Lipinski definition) is 6. The van der Waals surface area contributed by atoms with Gasteiger partial charge in [0, 0.05) is 16.5 Å². The molecule has 17 heteroatoms. The molecule has 2 aromatic carbocycles. The first-order valence-electron chi connectivity index (χ1n) is 13.5. The van der Waals surface area contributed by atoms with Crippen LogP contribution >= 0.6 is 0 Å². The van der Waals surface area contributed by atoms with E-state index >= 15 is 26.3 Å². The molecule has 0 heterocycles. The Hall–Kier alpha value is -4.41. The van der Waals surface area contributed by atoms with Crippen LogP contribution in [0.25, 0.3) is 0 Å². The second kappa shape index (κ2) is 12.8. The molecule has 2 aromatic rings. The monoisotopic (exact) mass is 660 g/mol. The minimum Gasteiger partial charge on any atom is -0.486 e. The first-order chi connectivity index (χ1) is 20.7. The third-order valence-electron chi connectivity index (χ3n) is 7.30. The van der Waals surface area contributed by atoms with Crippen molar-refractivity contribution in [2.24, 2.45) is 5.41 Å². The average Bonchev–Trinajstić information content (AvgIpc) is 2.89. The van der Waals surface area contributed by atoms with E-state index in [9.17, 15) is 39.3 Å². The third-order valence-corrected chi connectivity index (χ3v) is 7.30. The number of carboxylic acid groups (broad SMARTS) is 3. The Balaban J connectivity index is 3.06. The van der Waals surface area contributed by atoms with Gasteiger partial charge in [0.2, 0.25) is 11.3 Å². The molecule has 0 fully saturated rings. The number of benzene rings is 2. The van der Waals surface area contributed by atoms with E-state index in [-0.39, 0.29) is 30.7 Å². The van der Waals surface area contributed by atoms with Crippen LogP contribution in [-0.2, 0) is 5.41 Å². The Bertz CT molecular complexity index is 1550. The predicted molar refractivity (Wildman–Crippen MR) is 152 cm³/mol. The molecule has 0 saturated heterocycles. The zero-order valence-corrected chi connectivity index (χ0v) is 25.4. The number of carbonyl (C=O) groups excluding carboxylic acids is 2. The van der Waals surface area contributed by atoms with Gasteiger partial charge >= 0.3 is 31.3 Å². The highest BCUT2D eigenvalue weighted by Gasteiger charge is 2.72. The maximum Gasteiger partial charge on any atom is 0.471 e. The maximum absolute atomic E-state index is 15.0. The van der Waals surface area contributed by atoms with Gasteiger partial charge in [0.1, 0.15) is 0 Å². The van der Waals surface area contributed by atoms with Crippen molar-refractivity contribution in [2.45, 2.75) is 71.3 Å². The molecular formula is C29H31BF6N2O8. The van der Waals surface area contributed by atoms with Gasteiger partial charge in [0.25, 0.3) is 5.87 Å². The van der Waals surface area contributed by atoms with Crippen LogP contribution in [0.3, 0.4) is 0 Å². The van der Waals surface area contributed by atoms with Crippen LogP contribution < -0.4 is 10.5 Å². The van der Waals surface area contributed by atoms with E-state index in [0.717, 1.165) is 0 Å². The van der Waals surface area contributed by atoms with Crippen molar-refractivity contribution in [3.05, 3.63) is 69.8 Å². The second-order valence-corrected chi connectivity index (χ2v) is 12.1. The standard InChI is InChI=1S/C29H31BF6N2O8/c1-7-26(5,6)20(39)18-12-14(8-10-16(18)22(41)42)27(28(31,32)33,29(34,35)36)15-9-11-17(23(43)44)19(13-15)21(40)37-30(24(45)46)38-25(2,3)4/h8-13,38H,7H2,1-6H3,(H,37,40)(H,41,42)(H,43,44)(H,45,46). The number of halogens is 6. The molecule has 0 saturated carbocycles. The number of alkyl halides is 6. The predicted octanol–water partition coefficient (Wildman–Crippen LogP) is 5.98. The van der Waals surface area contributed by atoms with Crippen molar-refractivity contribution in [1.82, 2.24) is 10.5 Å². The number of carboxylic acids is 2. The molecule has 0 radical (unpaired) electrons. The second-order valence-electron chi connectivity index (χ2n) is 12.1. The largest absolute Gasteiger partial charge is 0.486 e. The summed E-state index contributed by atoms with van der Waals surface area (Å²) in [6, 6.07) is 1.38. The van der Waals surface area contributed by atoms with Gasteiger partial charge < -0.3 is 25.8 Å². The number of aromatic carboxylic acids is 2. The molecule has 2 rings (SSSR count). The van der Waals surface area contributed by atoms with E-state index in [1.165, 1.54) is 41.5 Å². The molecule has 0 spiro atoms. The van der Waals surface area contributed by atoms with Gasteiger partial charge in [-0.05, 0) is 62.6 Å². The van der Waals surface area contributed by atoms with Crippen LogP contribution in [0.1, 0.15) is 101 Å². The molecule has 250 valence electrons. The van der Waals surface area contributed by atoms with Crippen molar-refractivity contribution in [3.8, 4) is 0 Å². The molecular weight excluding hydrogens is 629 g/mol. The fraction of sp³-hybridized carbons (Fsp3) is 0.414. The van der Waals surface area contributed by atoms with Crippen molar-refractivity contribution in [3.63, 3.8) is 0 Å². The average molecular weight is 660 g/mol. The van der Waals surface area contributed by atoms with Crippen molar-refractivity contribution < 1.29 is 65.6 Å². The normalized spacial score (nSPS) is 12.8. The molecule has 0 unspecified atom stereocenters. The number of ketones is 1. The fourth-order valence-electron chi connectivity index (χ4n) is 4.61. The van der Waals surface area contributed by atoms with Crippen LogP contribution in [0.15, 0.2) is 36.4 Å². The van der Waals surface area contributed by atoms with Gasteiger partial charge in [-0.1, -0.05) is 32.9 Å². The Labute approximate surface area is 259 Å². The van der Waals surface area contributed by atoms with E-state index in [2.05, 4.69) is 5.23 Å². The summed E-state index contributed by atoms with van der Waals surface area (Å²) in [4.78, 5) is 61.9. The molecule has 46 heavy (non-hydrogen) atoms. The van der Waals surface area contributed by atoms with Gasteiger partial charge in [-0.25, -0.2) is 9.59 Å². The number of carbonyl (C=O) groups is 5. The molecule has 0 aromatic heterocycles. The summed E-state index contributed by atoms with van der Waals surface area (Å²) in [6.45, 7) is 6.64. The summed E-state index contributed by atoms with van der Waals surface area (Å²) in [5.41, 5.74) is -14.9. The smallest absolute Gasteiger partial charge is 0.471 e. The van der Waals surface area contributed by atoms with Gasteiger partial charge in [0.15, 0.2) is 5.78 Å². The lowest BCUT2D eigenvalue weighted by atomic mass is 9.70. The summed E-state index contributed by atoms with van der Waals surface area (Å²) >= 11 is 0. The number of nitrogens with one attached hydrogen (secondary N) is 2. The SMILES string of the molecule is CCC(C)(C)C(=O)c1cc(C(c2ccc(C(=O)O)c(C(=O)NB(NC(C)(C)C)C(=O)O)c2)(C(F)(F)F)C(F)(F)F)ccc1C(=O)O. The molecule has 0 aliphatic carbocycles. The Kier molecular flexibility index (Phi) is 10.5. The summed E-state index contributed by atoms with van der Waals surface area (Å²) in [5.74, 6) is -8.13.